The Morgan fingerprint density at radius 1 is 0.767 bits per heavy atom. The monoisotopic (exact) mass is 411 g/mol. The van der Waals surface area contributed by atoms with E-state index in [1.54, 1.807) is 55.6 Å². The van der Waals surface area contributed by atoms with Crippen LogP contribution in [0.25, 0.3) is 0 Å². The highest BCUT2D eigenvalue weighted by atomic mass is 16.5. The second kappa shape index (κ2) is 10.4. The first-order valence-electron chi connectivity index (χ1n) is 9.88. The number of hydrogen-bond donors (Lipinski definition) is 3. The second-order valence-corrected chi connectivity index (χ2v) is 7.62. The van der Waals surface area contributed by atoms with Gasteiger partial charge in [-0.3, -0.25) is 14.4 Å². The second-order valence-electron chi connectivity index (χ2n) is 7.62. The third-order valence-electron chi connectivity index (χ3n) is 4.42. The van der Waals surface area contributed by atoms with Gasteiger partial charge in [-0.05, 0) is 68.3 Å². The lowest BCUT2D eigenvalue weighted by atomic mass is 10.0. The van der Waals surface area contributed by atoms with E-state index in [0.29, 0.717) is 22.6 Å². The molecule has 0 saturated heterocycles. The highest BCUT2D eigenvalue weighted by Crippen LogP contribution is 2.14. The van der Waals surface area contributed by atoms with E-state index in [4.69, 9.17) is 4.74 Å². The molecule has 0 aliphatic rings. The number of amides is 3. The number of nitrogens with one attached hydrogen (secondary N) is 3. The maximum atomic E-state index is 12.8. The third kappa shape index (κ3) is 6.34. The summed E-state index contributed by atoms with van der Waals surface area (Å²) in [6.07, 6.45) is 0. The standard InChI is InChI=1S/C23H29N3O4/c1-14(2)20(26-22(28)17-8-12-19(30-5)13-9-17)23(29)25-18-10-6-16(7-11-18)21(27)24-15(3)4/h6-15,20H,1-5H3,(H,24,27)(H,25,29)(H,26,28). The third-order valence-corrected chi connectivity index (χ3v) is 4.42. The van der Waals surface area contributed by atoms with Gasteiger partial charge < -0.3 is 20.7 Å². The predicted molar refractivity (Wildman–Crippen MR) is 117 cm³/mol. The highest BCUT2D eigenvalue weighted by Gasteiger charge is 2.25. The molecule has 0 fully saturated rings. The average molecular weight is 412 g/mol. The van der Waals surface area contributed by atoms with Crippen molar-refractivity contribution in [3.63, 3.8) is 0 Å². The Labute approximate surface area is 177 Å². The molecule has 0 aliphatic heterocycles. The molecule has 0 saturated carbocycles. The van der Waals surface area contributed by atoms with E-state index in [0.717, 1.165) is 0 Å². The first-order chi connectivity index (χ1) is 14.2. The number of rotatable bonds is 8. The largest absolute Gasteiger partial charge is 0.497 e. The van der Waals surface area contributed by atoms with Crippen molar-refractivity contribution in [3.05, 3.63) is 59.7 Å². The summed E-state index contributed by atoms with van der Waals surface area (Å²) in [5.74, 6) is -0.313. The molecule has 2 rings (SSSR count). The summed E-state index contributed by atoms with van der Waals surface area (Å²) in [4.78, 5) is 37.3. The van der Waals surface area contributed by atoms with Gasteiger partial charge >= 0.3 is 0 Å². The summed E-state index contributed by atoms with van der Waals surface area (Å²) in [6, 6.07) is 12.6. The minimum atomic E-state index is -0.719. The maximum absolute atomic E-state index is 12.8. The average Bonchev–Trinajstić information content (AvgIpc) is 2.71. The highest BCUT2D eigenvalue weighted by molar-refractivity contribution is 6.01. The maximum Gasteiger partial charge on any atom is 0.251 e. The molecule has 7 nitrogen and oxygen atoms in total. The number of carbonyl (C=O) groups excluding carboxylic acids is 3. The van der Waals surface area contributed by atoms with Crippen LogP contribution in [-0.2, 0) is 4.79 Å². The Morgan fingerprint density at radius 3 is 1.73 bits per heavy atom. The van der Waals surface area contributed by atoms with E-state index in [-0.39, 0.29) is 29.7 Å². The van der Waals surface area contributed by atoms with Crippen LogP contribution < -0.4 is 20.7 Å². The van der Waals surface area contributed by atoms with Gasteiger partial charge in [0, 0.05) is 22.9 Å². The fraction of sp³-hybridized carbons (Fsp3) is 0.348. The molecule has 0 spiro atoms. The smallest absolute Gasteiger partial charge is 0.251 e. The lowest BCUT2D eigenvalue weighted by Gasteiger charge is -2.22. The van der Waals surface area contributed by atoms with E-state index in [1.165, 1.54) is 0 Å². The molecule has 0 radical (unpaired) electrons. The van der Waals surface area contributed by atoms with Crippen molar-refractivity contribution in [1.82, 2.24) is 10.6 Å². The predicted octanol–water partition coefficient (Wildman–Crippen LogP) is 3.23. The van der Waals surface area contributed by atoms with Crippen molar-refractivity contribution in [2.75, 3.05) is 12.4 Å². The van der Waals surface area contributed by atoms with Gasteiger partial charge in [0.1, 0.15) is 11.8 Å². The van der Waals surface area contributed by atoms with Crippen LogP contribution in [0.4, 0.5) is 5.69 Å². The lowest BCUT2D eigenvalue weighted by molar-refractivity contribution is -0.118. The SMILES string of the molecule is COc1ccc(C(=O)NC(C(=O)Nc2ccc(C(=O)NC(C)C)cc2)C(C)C)cc1. The van der Waals surface area contributed by atoms with Gasteiger partial charge in [0.2, 0.25) is 5.91 Å². The molecule has 7 heteroatoms. The number of hydrogen-bond acceptors (Lipinski definition) is 4. The summed E-state index contributed by atoms with van der Waals surface area (Å²) < 4.78 is 5.09. The molecule has 1 atom stereocenters. The Morgan fingerprint density at radius 2 is 1.27 bits per heavy atom. The summed E-state index contributed by atoms with van der Waals surface area (Å²) in [6.45, 7) is 7.49. The molecular formula is C23H29N3O4. The van der Waals surface area contributed by atoms with Crippen LogP contribution in [0.1, 0.15) is 48.4 Å². The zero-order valence-corrected chi connectivity index (χ0v) is 18.0. The molecule has 30 heavy (non-hydrogen) atoms. The van der Waals surface area contributed by atoms with Crippen LogP contribution in [0.5, 0.6) is 5.75 Å². The van der Waals surface area contributed by atoms with Crippen LogP contribution in [0.2, 0.25) is 0 Å². The molecule has 2 aromatic carbocycles. The van der Waals surface area contributed by atoms with Crippen LogP contribution in [-0.4, -0.2) is 36.9 Å². The number of carbonyl (C=O) groups is 3. The summed E-state index contributed by atoms with van der Waals surface area (Å²) >= 11 is 0. The van der Waals surface area contributed by atoms with Crippen molar-refractivity contribution in [1.29, 1.82) is 0 Å². The molecule has 0 heterocycles. The molecule has 3 amide bonds. The molecule has 0 aliphatic carbocycles. The molecule has 3 N–H and O–H groups in total. The molecular weight excluding hydrogens is 382 g/mol. The molecule has 160 valence electrons. The van der Waals surface area contributed by atoms with Crippen LogP contribution in [0.3, 0.4) is 0 Å². The fourth-order valence-corrected chi connectivity index (χ4v) is 2.77. The Balaban J connectivity index is 2.04. The van der Waals surface area contributed by atoms with Crippen LogP contribution in [0, 0.1) is 5.92 Å². The zero-order chi connectivity index (χ0) is 22.3. The summed E-state index contributed by atoms with van der Waals surface area (Å²) in [5, 5.41) is 8.40. The van der Waals surface area contributed by atoms with Gasteiger partial charge in [0.15, 0.2) is 0 Å². The molecule has 0 aromatic heterocycles. The van der Waals surface area contributed by atoms with Crippen molar-refractivity contribution in [2.24, 2.45) is 5.92 Å². The topological polar surface area (TPSA) is 96.5 Å². The molecule has 2 aromatic rings. The number of anilines is 1. The lowest BCUT2D eigenvalue weighted by Crippen LogP contribution is -2.47. The van der Waals surface area contributed by atoms with Gasteiger partial charge in [-0.15, -0.1) is 0 Å². The quantitative estimate of drug-likeness (QED) is 0.621. The van der Waals surface area contributed by atoms with Crippen molar-refractivity contribution in [2.45, 2.75) is 39.8 Å². The Kier molecular flexibility index (Phi) is 7.98. The van der Waals surface area contributed by atoms with E-state index in [2.05, 4.69) is 16.0 Å². The Hall–Kier alpha value is -3.35. The minimum Gasteiger partial charge on any atom is -0.497 e. The minimum absolute atomic E-state index is 0.0398. The first-order valence-corrected chi connectivity index (χ1v) is 9.88. The zero-order valence-electron chi connectivity index (χ0n) is 18.0. The number of ether oxygens (including phenoxy) is 1. The molecule has 1 unspecified atom stereocenters. The van der Waals surface area contributed by atoms with Gasteiger partial charge in [0.05, 0.1) is 7.11 Å². The normalized spacial score (nSPS) is 11.7. The van der Waals surface area contributed by atoms with Gasteiger partial charge in [0.25, 0.3) is 11.8 Å². The fourth-order valence-electron chi connectivity index (χ4n) is 2.77. The van der Waals surface area contributed by atoms with Crippen LogP contribution >= 0.6 is 0 Å². The summed E-state index contributed by atoms with van der Waals surface area (Å²) in [5.41, 5.74) is 1.50. The van der Waals surface area contributed by atoms with Gasteiger partial charge in [-0.25, -0.2) is 0 Å². The van der Waals surface area contributed by atoms with Crippen molar-refractivity contribution < 1.29 is 19.1 Å². The van der Waals surface area contributed by atoms with E-state index in [9.17, 15) is 14.4 Å². The van der Waals surface area contributed by atoms with E-state index >= 15 is 0 Å². The number of benzene rings is 2. The number of methoxy groups -OCH3 is 1. The van der Waals surface area contributed by atoms with Gasteiger partial charge in [-0.2, -0.15) is 0 Å². The van der Waals surface area contributed by atoms with E-state index < -0.39 is 6.04 Å². The van der Waals surface area contributed by atoms with Crippen LogP contribution in [0.15, 0.2) is 48.5 Å². The van der Waals surface area contributed by atoms with E-state index in [1.807, 2.05) is 27.7 Å². The van der Waals surface area contributed by atoms with Gasteiger partial charge in [-0.1, -0.05) is 13.8 Å². The first kappa shape index (κ1) is 22.9. The van der Waals surface area contributed by atoms with Crippen molar-refractivity contribution >= 4 is 23.4 Å². The Bertz CT molecular complexity index is 874. The van der Waals surface area contributed by atoms with Crippen molar-refractivity contribution in [3.8, 4) is 5.75 Å². The molecule has 0 bridgehead atoms. The summed E-state index contributed by atoms with van der Waals surface area (Å²) in [7, 11) is 1.55.